The number of benzene rings is 2. The van der Waals surface area contributed by atoms with Gasteiger partial charge >= 0.3 is 0 Å². The summed E-state index contributed by atoms with van der Waals surface area (Å²) in [5.74, 6) is 1.73. The Kier molecular flexibility index (Phi) is 3.53. The molecule has 2 nitrogen and oxygen atoms in total. The SMILES string of the molecule is CC1=C([Si](C)(C)C2C=Cc3ccccc32)c2cc3c(c(Br)c2C1)OCO3. The molecule has 132 valence electrons. The maximum Gasteiger partial charge on any atom is 0.231 e. The molecule has 26 heavy (non-hydrogen) atoms. The fourth-order valence-corrected chi connectivity index (χ4v) is 9.65. The summed E-state index contributed by atoms with van der Waals surface area (Å²) in [4.78, 5) is 0. The first-order valence-electron chi connectivity index (χ1n) is 9.07. The lowest BCUT2D eigenvalue weighted by molar-refractivity contribution is 0.173. The molecule has 4 heteroatoms. The number of halogens is 1. The average molecular weight is 425 g/mol. The fraction of sp³-hybridized carbons (Fsp3) is 0.273. The number of ether oxygens (including phenoxy) is 2. The predicted molar refractivity (Wildman–Crippen MR) is 112 cm³/mol. The van der Waals surface area contributed by atoms with Crippen LogP contribution < -0.4 is 9.47 Å². The van der Waals surface area contributed by atoms with E-state index < -0.39 is 8.07 Å². The molecule has 0 radical (unpaired) electrons. The van der Waals surface area contributed by atoms with Crippen LogP contribution in [-0.2, 0) is 6.42 Å². The average Bonchev–Trinajstić information content (AvgIpc) is 3.31. The van der Waals surface area contributed by atoms with Gasteiger partial charge in [0.15, 0.2) is 11.5 Å². The molecule has 1 heterocycles. The molecule has 0 bridgehead atoms. The summed E-state index contributed by atoms with van der Waals surface area (Å²) in [6.07, 6.45) is 5.73. The van der Waals surface area contributed by atoms with Crippen molar-refractivity contribution in [2.45, 2.75) is 32.0 Å². The number of rotatable bonds is 2. The highest BCUT2D eigenvalue weighted by molar-refractivity contribution is 9.10. The lowest BCUT2D eigenvalue weighted by Crippen LogP contribution is -2.35. The van der Waals surface area contributed by atoms with Crippen molar-refractivity contribution in [2.75, 3.05) is 6.79 Å². The van der Waals surface area contributed by atoms with Crippen LogP contribution in [0.2, 0.25) is 13.1 Å². The maximum absolute atomic E-state index is 5.71. The summed E-state index contributed by atoms with van der Waals surface area (Å²) in [6.45, 7) is 7.63. The molecule has 2 aliphatic carbocycles. The van der Waals surface area contributed by atoms with Gasteiger partial charge in [-0.25, -0.2) is 0 Å². The first kappa shape index (κ1) is 16.4. The third-order valence-electron chi connectivity index (χ3n) is 6.07. The van der Waals surface area contributed by atoms with Gasteiger partial charge in [-0.15, -0.1) is 0 Å². The monoisotopic (exact) mass is 424 g/mol. The second-order valence-electron chi connectivity index (χ2n) is 7.97. The van der Waals surface area contributed by atoms with Gasteiger partial charge in [-0.2, -0.15) is 0 Å². The molecule has 2 aromatic carbocycles. The van der Waals surface area contributed by atoms with Crippen molar-refractivity contribution in [3.05, 3.63) is 68.7 Å². The number of hydrogen-bond donors (Lipinski definition) is 0. The lowest BCUT2D eigenvalue weighted by atomic mass is 10.1. The zero-order chi connectivity index (χ0) is 18.1. The molecule has 2 aromatic rings. The molecule has 0 N–H and O–H groups in total. The Morgan fingerprint density at radius 2 is 1.96 bits per heavy atom. The minimum Gasteiger partial charge on any atom is -0.454 e. The Labute approximate surface area is 163 Å². The number of hydrogen-bond acceptors (Lipinski definition) is 2. The zero-order valence-electron chi connectivity index (χ0n) is 15.2. The highest BCUT2D eigenvalue weighted by Gasteiger charge is 2.42. The van der Waals surface area contributed by atoms with Crippen molar-refractivity contribution < 1.29 is 9.47 Å². The van der Waals surface area contributed by atoms with Crippen LogP contribution in [0.25, 0.3) is 11.3 Å². The molecule has 0 amide bonds. The van der Waals surface area contributed by atoms with Crippen molar-refractivity contribution in [3.63, 3.8) is 0 Å². The molecule has 0 saturated heterocycles. The van der Waals surface area contributed by atoms with E-state index in [1.807, 2.05) is 0 Å². The van der Waals surface area contributed by atoms with Crippen LogP contribution in [0.4, 0.5) is 0 Å². The Morgan fingerprint density at radius 1 is 1.15 bits per heavy atom. The molecule has 0 fully saturated rings. The Hall–Kier alpha value is -1.78. The van der Waals surface area contributed by atoms with Crippen molar-refractivity contribution in [3.8, 4) is 11.5 Å². The molecule has 0 saturated carbocycles. The highest BCUT2D eigenvalue weighted by atomic mass is 79.9. The van der Waals surface area contributed by atoms with Crippen LogP contribution in [0.5, 0.6) is 11.5 Å². The summed E-state index contributed by atoms with van der Waals surface area (Å²) in [5.41, 5.74) is 7.60. The van der Waals surface area contributed by atoms with Gasteiger partial charge in [0.2, 0.25) is 6.79 Å². The van der Waals surface area contributed by atoms with E-state index in [9.17, 15) is 0 Å². The summed E-state index contributed by atoms with van der Waals surface area (Å²) in [6, 6.07) is 11.0. The third kappa shape index (κ3) is 2.15. The minimum absolute atomic E-state index is 0.314. The molecular formula is C22H21BrO2Si. The molecule has 0 aromatic heterocycles. The van der Waals surface area contributed by atoms with E-state index >= 15 is 0 Å². The van der Waals surface area contributed by atoms with Crippen molar-refractivity contribution in [1.82, 2.24) is 0 Å². The lowest BCUT2D eigenvalue weighted by Gasteiger charge is -2.33. The first-order valence-corrected chi connectivity index (χ1v) is 12.9. The summed E-state index contributed by atoms with van der Waals surface area (Å²) >= 11 is 3.78. The van der Waals surface area contributed by atoms with E-state index in [1.54, 1.807) is 5.20 Å². The van der Waals surface area contributed by atoms with Gasteiger partial charge in [-0.1, -0.05) is 60.3 Å². The van der Waals surface area contributed by atoms with E-state index in [0.29, 0.717) is 12.3 Å². The fourth-order valence-electron chi connectivity index (χ4n) is 4.95. The number of fused-ring (bicyclic) bond motifs is 3. The second kappa shape index (κ2) is 5.60. The van der Waals surface area contributed by atoms with Gasteiger partial charge in [0.25, 0.3) is 0 Å². The van der Waals surface area contributed by atoms with Crippen LogP contribution in [-0.4, -0.2) is 14.9 Å². The van der Waals surface area contributed by atoms with E-state index in [2.05, 4.69) is 78.4 Å². The summed E-state index contributed by atoms with van der Waals surface area (Å²) in [5, 5.41) is 1.58. The van der Waals surface area contributed by atoms with Crippen molar-refractivity contribution in [2.24, 2.45) is 0 Å². The van der Waals surface area contributed by atoms with Crippen molar-refractivity contribution >= 4 is 35.3 Å². The van der Waals surface area contributed by atoms with E-state index in [1.165, 1.54) is 27.8 Å². The van der Waals surface area contributed by atoms with Crippen LogP contribution in [0, 0.1) is 0 Å². The minimum atomic E-state index is -1.78. The first-order chi connectivity index (χ1) is 12.5. The maximum atomic E-state index is 5.71. The van der Waals surface area contributed by atoms with Crippen molar-refractivity contribution in [1.29, 1.82) is 0 Å². The van der Waals surface area contributed by atoms with Gasteiger partial charge < -0.3 is 9.47 Å². The Morgan fingerprint density at radius 3 is 2.81 bits per heavy atom. The molecule has 1 atom stereocenters. The molecule has 0 spiro atoms. The summed E-state index contributed by atoms with van der Waals surface area (Å²) in [7, 11) is -1.78. The van der Waals surface area contributed by atoms with E-state index in [4.69, 9.17) is 9.47 Å². The quantitative estimate of drug-likeness (QED) is 0.541. The van der Waals surface area contributed by atoms with E-state index in [0.717, 1.165) is 22.4 Å². The van der Waals surface area contributed by atoms with Gasteiger partial charge in [0.05, 0.1) is 12.5 Å². The molecular weight excluding hydrogens is 404 g/mol. The topological polar surface area (TPSA) is 18.5 Å². The molecule has 5 rings (SSSR count). The van der Waals surface area contributed by atoms with Crippen LogP contribution in [0.15, 0.2) is 46.5 Å². The summed E-state index contributed by atoms with van der Waals surface area (Å²) < 4.78 is 12.5. The van der Waals surface area contributed by atoms with Crippen LogP contribution in [0.1, 0.15) is 34.7 Å². The van der Waals surface area contributed by atoms with Crippen LogP contribution >= 0.6 is 15.9 Å². The van der Waals surface area contributed by atoms with Gasteiger partial charge in [-0.05, 0) is 57.6 Å². The van der Waals surface area contributed by atoms with Gasteiger partial charge in [0, 0.05) is 5.54 Å². The largest absolute Gasteiger partial charge is 0.454 e. The third-order valence-corrected chi connectivity index (χ3v) is 10.9. The zero-order valence-corrected chi connectivity index (χ0v) is 17.8. The predicted octanol–water partition coefficient (Wildman–Crippen LogP) is 6.10. The molecule has 1 unspecified atom stereocenters. The second-order valence-corrected chi connectivity index (χ2v) is 13.3. The Bertz CT molecular complexity index is 1000. The van der Waals surface area contributed by atoms with Gasteiger partial charge in [-0.3, -0.25) is 0 Å². The molecule has 1 aliphatic heterocycles. The molecule has 3 aliphatic rings. The highest BCUT2D eigenvalue weighted by Crippen LogP contribution is 2.53. The van der Waals surface area contributed by atoms with Crippen LogP contribution in [0.3, 0.4) is 0 Å². The smallest absolute Gasteiger partial charge is 0.231 e. The normalized spacial score (nSPS) is 19.9. The Balaban J connectivity index is 1.65. The van der Waals surface area contributed by atoms with E-state index in [-0.39, 0.29) is 0 Å². The van der Waals surface area contributed by atoms with Gasteiger partial charge in [0.1, 0.15) is 0 Å². The standard InChI is InChI=1S/C22H21BrO2Si/c1-13-10-16-17(11-18-21(20(16)23)25-12-24-18)22(13)26(2,3)19-9-8-14-6-4-5-7-15(14)19/h4-9,11,19H,10,12H2,1-3H3. The number of allylic oxidation sites excluding steroid dienone is 2.